The molecule has 210 valence electrons. The number of benzene rings is 2. The van der Waals surface area contributed by atoms with Crippen molar-refractivity contribution in [3.05, 3.63) is 91.5 Å². The molecule has 2 aromatic rings. The molecule has 0 radical (unpaired) electrons. The van der Waals surface area contributed by atoms with Gasteiger partial charge >= 0.3 is 0 Å². The van der Waals surface area contributed by atoms with Gasteiger partial charge < -0.3 is 19.8 Å². The van der Waals surface area contributed by atoms with Crippen LogP contribution < -0.4 is 4.90 Å². The van der Waals surface area contributed by atoms with Crippen molar-refractivity contribution in [3.63, 3.8) is 0 Å². The summed E-state index contributed by atoms with van der Waals surface area (Å²) in [5.41, 5.74) is 1.74. The molecule has 2 aromatic carbocycles. The molecular formula is C32H37N3O4S. The largest absolute Gasteiger partial charge is 0.395 e. The molecule has 3 amide bonds. The second-order valence-electron chi connectivity index (χ2n) is 10.9. The summed E-state index contributed by atoms with van der Waals surface area (Å²) >= 11 is 1.65. The normalized spacial score (nSPS) is 28.3. The van der Waals surface area contributed by atoms with Crippen LogP contribution in [0.2, 0.25) is 0 Å². The van der Waals surface area contributed by atoms with Crippen LogP contribution in [0.3, 0.4) is 0 Å². The van der Waals surface area contributed by atoms with E-state index in [-0.39, 0.29) is 42.0 Å². The monoisotopic (exact) mass is 559 g/mol. The smallest absolute Gasteiger partial charge is 0.247 e. The van der Waals surface area contributed by atoms with E-state index < -0.39 is 22.6 Å². The molecule has 3 heterocycles. The molecule has 1 spiro atoms. The number of fused-ring (bicyclic) bond motifs is 1. The third-order valence-corrected chi connectivity index (χ3v) is 10.7. The predicted octanol–water partition coefficient (Wildman–Crippen LogP) is 3.75. The second kappa shape index (κ2) is 11.6. The van der Waals surface area contributed by atoms with Crippen molar-refractivity contribution in [2.75, 3.05) is 31.1 Å². The minimum atomic E-state index is -0.770. The summed E-state index contributed by atoms with van der Waals surface area (Å²) in [5.74, 6) is -1.64. The minimum Gasteiger partial charge on any atom is -0.395 e. The molecule has 0 aliphatic carbocycles. The maximum Gasteiger partial charge on any atom is 0.247 e. The molecule has 5 rings (SSSR count). The van der Waals surface area contributed by atoms with Gasteiger partial charge in [0, 0.05) is 37.1 Å². The molecule has 3 fully saturated rings. The number of hydrogen-bond acceptors (Lipinski definition) is 5. The number of β-amino-alcohol motifs (C(OH)–C–C–N with tert-alkyl or cyclic N) is 1. The lowest BCUT2D eigenvalue weighted by Gasteiger charge is -2.41. The Kier molecular flexibility index (Phi) is 8.19. The number of rotatable bonds is 11. The highest BCUT2D eigenvalue weighted by Crippen LogP contribution is 2.69. The summed E-state index contributed by atoms with van der Waals surface area (Å²) in [6.07, 6.45) is 4.14. The maximum absolute atomic E-state index is 14.5. The van der Waals surface area contributed by atoms with Crippen LogP contribution in [0, 0.1) is 17.8 Å². The highest BCUT2D eigenvalue weighted by Gasteiger charge is 2.76. The Morgan fingerprint density at radius 2 is 1.70 bits per heavy atom. The van der Waals surface area contributed by atoms with Crippen LogP contribution in [0.25, 0.3) is 0 Å². The zero-order valence-electron chi connectivity index (χ0n) is 22.9. The Balaban J connectivity index is 1.54. The standard InChI is InChI=1S/C32H37N3O4S/c1-4-16-33(21-23-12-8-6-9-13-23)31(39)28-32-22(3)20-25(40-32)26(27(32)30(38)35(28)18-19-36)29(37)34(17-5-2)24-14-10-7-11-15-24/h4-15,22,25-28,36H,1-2,16-21H2,3H3/t22?,25-,26+,27-,28?,32?/m0/s1. The summed E-state index contributed by atoms with van der Waals surface area (Å²) < 4.78 is -0.749. The molecule has 3 saturated heterocycles. The third kappa shape index (κ3) is 4.57. The molecule has 7 nitrogen and oxygen atoms in total. The molecule has 3 unspecified atom stereocenters. The first-order chi connectivity index (χ1) is 19.4. The van der Waals surface area contributed by atoms with E-state index in [0.717, 1.165) is 17.7 Å². The molecule has 3 aliphatic rings. The number of carbonyl (C=O) groups excluding carboxylic acids is 3. The lowest BCUT2D eigenvalue weighted by atomic mass is 9.65. The van der Waals surface area contributed by atoms with Crippen LogP contribution in [0.15, 0.2) is 86.0 Å². The molecule has 2 bridgehead atoms. The highest BCUT2D eigenvalue weighted by atomic mass is 32.2. The Morgan fingerprint density at radius 3 is 2.33 bits per heavy atom. The topological polar surface area (TPSA) is 81.2 Å². The number of anilines is 1. The third-order valence-electron chi connectivity index (χ3n) is 8.63. The first-order valence-corrected chi connectivity index (χ1v) is 14.8. The number of aliphatic hydroxyl groups excluding tert-OH is 1. The Labute approximate surface area is 240 Å². The van der Waals surface area contributed by atoms with Crippen molar-refractivity contribution in [1.29, 1.82) is 0 Å². The van der Waals surface area contributed by atoms with Gasteiger partial charge in [0.25, 0.3) is 0 Å². The lowest BCUT2D eigenvalue weighted by Crippen LogP contribution is -2.57. The van der Waals surface area contributed by atoms with Gasteiger partial charge in [0.2, 0.25) is 17.7 Å². The zero-order valence-corrected chi connectivity index (χ0v) is 23.7. The van der Waals surface area contributed by atoms with E-state index in [9.17, 15) is 19.5 Å². The molecule has 3 aliphatic heterocycles. The quantitative estimate of drug-likeness (QED) is 0.424. The summed E-state index contributed by atoms with van der Waals surface area (Å²) in [6.45, 7) is 10.7. The van der Waals surface area contributed by atoms with E-state index >= 15 is 0 Å². The van der Waals surface area contributed by atoms with Gasteiger partial charge in [0.05, 0.1) is 23.2 Å². The van der Waals surface area contributed by atoms with Crippen molar-refractivity contribution < 1.29 is 19.5 Å². The Morgan fingerprint density at radius 1 is 1.05 bits per heavy atom. The summed E-state index contributed by atoms with van der Waals surface area (Å²) in [7, 11) is 0. The highest BCUT2D eigenvalue weighted by molar-refractivity contribution is 8.02. The number of likely N-dealkylation sites (tertiary alicyclic amines) is 1. The summed E-state index contributed by atoms with van der Waals surface area (Å²) in [6, 6.07) is 18.4. The van der Waals surface area contributed by atoms with Crippen molar-refractivity contribution in [2.45, 2.75) is 35.9 Å². The van der Waals surface area contributed by atoms with Gasteiger partial charge in [-0.2, -0.15) is 0 Å². The van der Waals surface area contributed by atoms with Crippen LogP contribution in [-0.2, 0) is 20.9 Å². The maximum atomic E-state index is 14.5. The molecule has 8 heteroatoms. The first-order valence-electron chi connectivity index (χ1n) is 13.9. The summed E-state index contributed by atoms with van der Waals surface area (Å²) in [4.78, 5) is 47.9. The van der Waals surface area contributed by atoms with Crippen LogP contribution in [0.5, 0.6) is 0 Å². The number of hydrogen-bond donors (Lipinski definition) is 1. The van der Waals surface area contributed by atoms with Crippen LogP contribution >= 0.6 is 11.8 Å². The Hall–Kier alpha value is -3.36. The SMILES string of the molecule is C=CCN(Cc1ccccc1)C(=O)C1N(CCO)C(=O)[C@@H]2[C@H](C(=O)N(CC=C)c3ccccc3)[C@@H]3CC(C)C12S3. The number of amides is 3. The Bertz CT molecular complexity index is 1270. The van der Waals surface area contributed by atoms with Crippen LogP contribution in [0.4, 0.5) is 5.69 Å². The van der Waals surface area contributed by atoms with Crippen molar-refractivity contribution in [1.82, 2.24) is 9.80 Å². The van der Waals surface area contributed by atoms with Crippen LogP contribution in [-0.4, -0.2) is 74.9 Å². The minimum absolute atomic E-state index is 0.0463. The average Bonchev–Trinajstić information content (AvgIpc) is 3.56. The molecule has 1 N–H and O–H groups in total. The predicted molar refractivity (Wildman–Crippen MR) is 159 cm³/mol. The van der Waals surface area contributed by atoms with Gasteiger partial charge in [-0.25, -0.2) is 0 Å². The second-order valence-corrected chi connectivity index (χ2v) is 12.4. The fourth-order valence-corrected chi connectivity index (χ4v) is 9.44. The first kappa shape index (κ1) is 28.2. The molecule has 40 heavy (non-hydrogen) atoms. The van der Waals surface area contributed by atoms with Gasteiger partial charge in [0.1, 0.15) is 6.04 Å². The summed E-state index contributed by atoms with van der Waals surface area (Å²) in [5, 5.41) is 9.90. The number of thioether (sulfide) groups is 1. The van der Waals surface area contributed by atoms with E-state index in [2.05, 4.69) is 20.1 Å². The van der Waals surface area contributed by atoms with Crippen molar-refractivity contribution >= 4 is 35.2 Å². The van der Waals surface area contributed by atoms with E-state index in [1.54, 1.807) is 38.6 Å². The van der Waals surface area contributed by atoms with Gasteiger partial charge in [-0.1, -0.05) is 67.6 Å². The van der Waals surface area contributed by atoms with Crippen molar-refractivity contribution in [3.8, 4) is 0 Å². The number of para-hydroxylation sites is 1. The molecule has 6 atom stereocenters. The number of carbonyl (C=O) groups is 3. The average molecular weight is 560 g/mol. The fourth-order valence-electron chi connectivity index (χ4n) is 7.03. The van der Waals surface area contributed by atoms with Crippen LogP contribution in [0.1, 0.15) is 18.9 Å². The van der Waals surface area contributed by atoms with Gasteiger partial charge in [-0.15, -0.1) is 24.9 Å². The van der Waals surface area contributed by atoms with E-state index in [4.69, 9.17) is 0 Å². The van der Waals surface area contributed by atoms with Gasteiger partial charge in [0.15, 0.2) is 0 Å². The molecule has 0 aromatic heterocycles. The van der Waals surface area contributed by atoms with E-state index in [1.807, 2.05) is 60.7 Å². The van der Waals surface area contributed by atoms with Crippen molar-refractivity contribution in [2.24, 2.45) is 17.8 Å². The number of aliphatic hydroxyl groups is 1. The van der Waals surface area contributed by atoms with Gasteiger partial charge in [-0.05, 0) is 30.0 Å². The molecule has 0 saturated carbocycles. The zero-order chi connectivity index (χ0) is 28.4. The molecular weight excluding hydrogens is 522 g/mol. The van der Waals surface area contributed by atoms with E-state index in [0.29, 0.717) is 19.6 Å². The number of nitrogens with zero attached hydrogens (tertiary/aromatic N) is 3. The fraction of sp³-hybridized carbons (Fsp3) is 0.406. The lowest BCUT2D eigenvalue weighted by molar-refractivity contribution is -0.143. The van der Waals surface area contributed by atoms with Gasteiger partial charge in [-0.3, -0.25) is 14.4 Å². The van der Waals surface area contributed by atoms with E-state index in [1.165, 1.54) is 0 Å².